The molecule has 0 aromatic heterocycles. The van der Waals surface area contributed by atoms with E-state index in [1.165, 1.54) is 11.8 Å². The average molecular weight is 266 g/mol. The Morgan fingerprint density at radius 3 is 2.72 bits per heavy atom. The fourth-order valence-electron chi connectivity index (χ4n) is 1.61. The highest BCUT2D eigenvalue weighted by Crippen LogP contribution is 2.24. The van der Waals surface area contributed by atoms with E-state index in [-0.39, 0.29) is 23.7 Å². The number of hydrogen-bond acceptors (Lipinski definition) is 5. The summed E-state index contributed by atoms with van der Waals surface area (Å²) in [5.41, 5.74) is 2.84. The van der Waals surface area contributed by atoms with Gasteiger partial charge in [-0.05, 0) is 12.1 Å². The van der Waals surface area contributed by atoms with Crippen LogP contribution in [-0.2, 0) is 9.59 Å². The van der Waals surface area contributed by atoms with E-state index < -0.39 is 5.25 Å². The highest BCUT2D eigenvalue weighted by molar-refractivity contribution is 8.01. The zero-order chi connectivity index (χ0) is 13.0. The third-order valence-corrected chi connectivity index (χ3v) is 3.68. The summed E-state index contributed by atoms with van der Waals surface area (Å²) in [6.45, 7) is 0. The largest absolute Gasteiger partial charge is 0.330 e. The number of thioether (sulfide) groups is 1. The lowest BCUT2D eigenvalue weighted by atomic mass is 10.2. The molecule has 6 nitrogen and oxygen atoms in total. The average Bonchev–Trinajstić information content (AvgIpc) is 2.71. The zero-order valence-electron chi connectivity index (χ0n) is 9.55. The van der Waals surface area contributed by atoms with Gasteiger partial charge in [0.1, 0.15) is 5.50 Å². The molecular formula is C11H14N4O2S. The van der Waals surface area contributed by atoms with Crippen molar-refractivity contribution in [2.75, 3.05) is 5.32 Å². The second-order valence-corrected chi connectivity index (χ2v) is 5.11. The molecule has 2 atom stereocenters. The Kier molecular flexibility index (Phi) is 4.19. The summed E-state index contributed by atoms with van der Waals surface area (Å²) in [6, 6.07) is 9.13. The number of hydrogen-bond donors (Lipinski definition) is 4. The van der Waals surface area contributed by atoms with Crippen LogP contribution in [0.3, 0.4) is 0 Å². The lowest BCUT2D eigenvalue weighted by molar-refractivity contribution is -0.123. The van der Waals surface area contributed by atoms with Gasteiger partial charge in [-0.25, -0.2) is 5.43 Å². The summed E-state index contributed by atoms with van der Waals surface area (Å²) in [6.07, 6.45) is 0.129. The first kappa shape index (κ1) is 12.9. The van der Waals surface area contributed by atoms with E-state index in [1.807, 2.05) is 18.2 Å². The standard InChI is InChI=1S/C11H14N4O2S/c12-15-11-14-10(17)8(18-11)6-9(16)13-7-4-2-1-3-5-7/h1-5,8,11,15H,6,12H2,(H,13,16)(H,14,17)/t8-,11?/m1/s1. The highest BCUT2D eigenvalue weighted by Gasteiger charge is 2.33. The molecule has 1 aliphatic rings. The second-order valence-electron chi connectivity index (χ2n) is 3.80. The van der Waals surface area contributed by atoms with Crippen LogP contribution in [0.2, 0.25) is 0 Å². The number of carbonyl (C=O) groups is 2. The van der Waals surface area contributed by atoms with Gasteiger partial charge in [0.05, 0.1) is 5.25 Å². The molecule has 18 heavy (non-hydrogen) atoms. The Bertz CT molecular complexity index is 440. The third-order valence-electron chi connectivity index (χ3n) is 2.45. The lowest BCUT2D eigenvalue weighted by Crippen LogP contribution is -2.41. The predicted molar refractivity (Wildman–Crippen MR) is 70.3 cm³/mol. The number of hydrazine groups is 1. The van der Waals surface area contributed by atoms with Crippen molar-refractivity contribution in [2.45, 2.75) is 17.2 Å². The first-order valence-corrected chi connectivity index (χ1v) is 6.40. The maximum absolute atomic E-state index is 11.8. The lowest BCUT2D eigenvalue weighted by Gasteiger charge is -2.08. The number of benzene rings is 1. The molecule has 1 heterocycles. The number of nitrogens with two attached hydrogens (primary N) is 1. The molecule has 0 spiro atoms. The molecule has 1 fully saturated rings. The van der Waals surface area contributed by atoms with Gasteiger partial charge in [-0.1, -0.05) is 18.2 Å². The molecule has 1 aromatic carbocycles. The summed E-state index contributed by atoms with van der Waals surface area (Å²) >= 11 is 1.30. The fourth-order valence-corrected chi connectivity index (χ4v) is 2.64. The first-order chi connectivity index (χ1) is 8.69. The van der Waals surface area contributed by atoms with Crippen LogP contribution >= 0.6 is 11.8 Å². The van der Waals surface area contributed by atoms with E-state index in [0.29, 0.717) is 0 Å². The monoisotopic (exact) mass is 266 g/mol. The molecule has 0 aliphatic carbocycles. The smallest absolute Gasteiger partial charge is 0.235 e. The Labute approximate surface area is 109 Å². The maximum Gasteiger partial charge on any atom is 0.235 e. The highest BCUT2D eigenvalue weighted by atomic mass is 32.2. The normalized spacial score (nSPS) is 22.6. The van der Waals surface area contributed by atoms with Crippen molar-refractivity contribution in [3.8, 4) is 0 Å². The number of rotatable bonds is 4. The minimum atomic E-state index is -0.408. The Hall–Kier alpha value is -1.57. The molecule has 5 N–H and O–H groups in total. The van der Waals surface area contributed by atoms with E-state index in [2.05, 4.69) is 16.1 Å². The van der Waals surface area contributed by atoms with E-state index in [4.69, 9.17) is 5.84 Å². The van der Waals surface area contributed by atoms with Gasteiger partial charge in [-0.15, -0.1) is 11.8 Å². The van der Waals surface area contributed by atoms with Crippen molar-refractivity contribution in [3.05, 3.63) is 30.3 Å². The molecule has 1 aliphatic heterocycles. The topological polar surface area (TPSA) is 96.2 Å². The van der Waals surface area contributed by atoms with Gasteiger partial charge in [-0.2, -0.15) is 0 Å². The molecular weight excluding hydrogens is 252 g/mol. The first-order valence-electron chi connectivity index (χ1n) is 5.46. The van der Waals surface area contributed by atoms with Crippen LogP contribution in [0.25, 0.3) is 0 Å². The molecule has 0 radical (unpaired) electrons. The molecule has 96 valence electrons. The Balaban J connectivity index is 1.87. The van der Waals surface area contributed by atoms with Crippen molar-refractivity contribution >= 4 is 29.3 Å². The SMILES string of the molecule is NNC1NC(=O)[C@@H](CC(=O)Nc2ccccc2)S1. The van der Waals surface area contributed by atoms with Gasteiger partial charge in [0, 0.05) is 12.1 Å². The second kappa shape index (κ2) is 5.85. The van der Waals surface area contributed by atoms with Crippen LogP contribution in [0.5, 0.6) is 0 Å². The van der Waals surface area contributed by atoms with E-state index in [9.17, 15) is 9.59 Å². The predicted octanol–water partition coefficient (Wildman–Crippen LogP) is -0.00630. The van der Waals surface area contributed by atoms with E-state index in [0.717, 1.165) is 5.69 Å². The number of para-hydroxylation sites is 1. The molecule has 7 heteroatoms. The van der Waals surface area contributed by atoms with Crippen LogP contribution in [0.4, 0.5) is 5.69 Å². The van der Waals surface area contributed by atoms with E-state index >= 15 is 0 Å². The third kappa shape index (κ3) is 3.22. The number of amides is 2. The molecule has 2 rings (SSSR count). The molecule has 1 saturated heterocycles. The van der Waals surface area contributed by atoms with Gasteiger partial charge in [0.15, 0.2) is 0 Å². The molecule has 1 aromatic rings. The van der Waals surface area contributed by atoms with Crippen LogP contribution < -0.4 is 21.9 Å². The van der Waals surface area contributed by atoms with Gasteiger partial charge >= 0.3 is 0 Å². The summed E-state index contributed by atoms with van der Waals surface area (Å²) in [5.74, 6) is 4.86. The van der Waals surface area contributed by atoms with Crippen LogP contribution in [0, 0.1) is 0 Å². The Morgan fingerprint density at radius 2 is 2.11 bits per heavy atom. The minimum Gasteiger partial charge on any atom is -0.330 e. The molecule has 2 amide bonds. The molecule has 0 saturated carbocycles. The maximum atomic E-state index is 11.8. The minimum absolute atomic E-state index is 0.129. The summed E-state index contributed by atoms with van der Waals surface area (Å²) in [5, 5.41) is 4.96. The number of anilines is 1. The van der Waals surface area contributed by atoms with Crippen molar-refractivity contribution in [2.24, 2.45) is 5.84 Å². The van der Waals surface area contributed by atoms with Crippen molar-refractivity contribution in [1.82, 2.24) is 10.7 Å². The molecule has 0 bridgehead atoms. The van der Waals surface area contributed by atoms with Gasteiger partial charge in [0.2, 0.25) is 11.8 Å². The van der Waals surface area contributed by atoms with Crippen LogP contribution in [-0.4, -0.2) is 22.6 Å². The van der Waals surface area contributed by atoms with Crippen molar-refractivity contribution in [1.29, 1.82) is 0 Å². The number of carbonyl (C=O) groups excluding carboxylic acids is 2. The van der Waals surface area contributed by atoms with Gasteiger partial charge in [0.25, 0.3) is 0 Å². The fraction of sp³-hybridized carbons (Fsp3) is 0.273. The summed E-state index contributed by atoms with van der Waals surface area (Å²) in [4.78, 5) is 23.3. The van der Waals surface area contributed by atoms with Gasteiger partial charge < -0.3 is 10.6 Å². The number of nitrogens with one attached hydrogen (secondary N) is 3. The quantitative estimate of drug-likeness (QED) is 0.454. The van der Waals surface area contributed by atoms with Crippen molar-refractivity contribution in [3.63, 3.8) is 0 Å². The Morgan fingerprint density at radius 1 is 1.39 bits per heavy atom. The van der Waals surface area contributed by atoms with Crippen LogP contribution in [0.1, 0.15) is 6.42 Å². The van der Waals surface area contributed by atoms with Gasteiger partial charge in [-0.3, -0.25) is 15.4 Å². The summed E-state index contributed by atoms with van der Waals surface area (Å²) in [7, 11) is 0. The van der Waals surface area contributed by atoms with Crippen molar-refractivity contribution < 1.29 is 9.59 Å². The zero-order valence-corrected chi connectivity index (χ0v) is 10.4. The summed E-state index contributed by atoms with van der Waals surface area (Å²) < 4.78 is 0. The van der Waals surface area contributed by atoms with E-state index in [1.54, 1.807) is 12.1 Å². The van der Waals surface area contributed by atoms with Crippen LogP contribution in [0.15, 0.2) is 30.3 Å². The molecule has 1 unspecified atom stereocenters.